The zero-order valence-electron chi connectivity index (χ0n) is 15.5. The molecule has 0 unspecified atom stereocenters. The Bertz CT molecular complexity index is 1240. The van der Waals surface area contributed by atoms with E-state index in [0.717, 1.165) is 11.1 Å². The number of aryl methyl sites for hydroxylation is 1. The number of terminal acetylenes is 1. The summed E-state index contributed by atoms with van der Waals surface area (Å²) in [6.07, 6.45) is 9.50. The largest absolute Gasteiger partial charge is 0.354 e. The number of hydrogen-bond acceptors (Lipinski definition) is 4. The van der Waals surface area contributed by atoms with Gasteiger partial charge in [0.15, 0.2) is 5.78 Å². The first-order valence-corrected chi connectivity index (χ1v) is 9.00. The van der Waals surface area contributed by atoms with Crippen molar-refractivity contribution in [3.8, 4) is 18.4 Å². The third-order valence-corrected chi connectivity index (χ3v) is 4.65. The predicted octanol–water partition coefficient (Wildman–Crippen LogP) is 5.25. The Morgan fingerprint density at radius 3 is 2.86 bits per heavy atom. The molecule has 0 amide bonds. The zero-order chi connectivity index (χ0) is 21.0. The van der Waals surface area contributed by atoms with E-state index in [0.29, 0.717) is 27.8 Å². The molecule has 0 aliphatic rings. The van der Waals surface area contributed by atoms with Gasteiger partial charge in [-0.25, -0.2) is 4.39 Å². The van der Waals surface area contributed by atoms with E-state index >= 15 is 0 Å². The summed E-state index contributed by atoms with van der Waals surface area (Å²) >= 11 is 5.87. The highest BCUT2D eigenvalue weighted by Gasteiger charge is 2.13. The van der Waals surface area contributed by atoms with E-state index in [-0.39, 0.29) is 17.2 Å². The van der Waals surface area contributed by atoms with Gasteiger partial charge in [-0.2, -0.15) is 5.26 Å². The van der Waals surface area contributed by atoms with Crippen LogP contribution in [0.4, 0.5) is 15.8 Å². The van der Waals surface area contributed by atoms with Gasteiger partial charge in [-0.05, 0) is 60.5 Å². The molecule has 1 heterocycles. The van der Waals surface area contributed by atoms with Crippen LogP contribution in [-0.2, 0) is 11.2 Å². The van der Waals surface area contributed by atoms with E-state index in [1.165, 1.54) is 36.5 Å². The number of benzene rings is 2. The average molecular weight is 404 g/mol. The number of allylic oxidation sites excluding steroid dienone is 2. The number of anilines is 2. The molecule has 142 valence electrons. The van der Waals surface area contributed by atoms with E-state index < -0.39 is 5.82 Å². The highest BCUT2D eigenvalue weighted by atomic mass is 35.5. The summed E-state index contributed by atoms with van der Waals surface area (Å²) < 4.78 is 13.5. The molecule has 0 atom stereocenters. The fourth-order valence-corrected chi connectivity index (χ4v) is 3.08. The maximum absolute atomic E-state index is 13.5. The molecule has 0 fully saturated rings. The normalized spacial score (nSPS) is 10.7. The molecule has 29 heavy (non-hydrogen) atoms. The van der Waals surface area contributed by atoms with Gasteiger partial charge in [0.05, 0.1) is 21.8 Å². The van der Waals surface area contributed by atoms with Crippen molar-refractivity contribution < 1.29 is 9.18 Å². The minimum absolute atomic E-state index is 0.0331. The second kappa shape index (κ2) is 8.56. The smallest absolute Gasteiger partial charge is 0.160 e. The first kappa shape index (κ1) is 20.1. The van der Waals surface area contributed by atoms with E-state index in [9.17, 15) is 14.4 Å². The van der Waals surface area contributed by atoms with Crippen molar-refractivity contribution in [3.05, 3.63) is 76.2 Å². The predicted molar refractivity (Wildman–Crippen MR) is 113 cm³/mol. The summed E-state index contributed by atoms with van der Waals surface area (Å²) in [6, 6.07) is 9.99. The Labute approximate surface area is 172 Å². The molecule has 0 aliphatic carbocycles. The third kappa shape index (κ3) is 4.43. The maximum Gasteiger partial charge on any atom is 0.160 e. The number of nitriles is 1. The summed E-state index contributed by atoms with van der Waals surface area (Å²) in [4.78, 5) is 16.5. The fraction of sp³-hybridized carbons (Fsp3) is 0.0870. The molecule has 3 aromatic rings. The number of nitrogens with zero attached hydrogens (tertiary/aromatic N) is 2. The third-order valence-electron chi connectivity index (χ3n) is 4.37. The number of carbonyl (C=O) groups is 1. The molecule has 0 saturated heterocycles. The molecule has 0 radical (unpaired) electrons. The van der Waals surface area contributed by atoms with Crippen LogP contribution in [0.3, 0.4) is 0 Å². The van der Waals surface area contributed by atoms with Crippen LogP contribution in [-0.4, -0.2) is 10.8 Å². The summed E-state index contributed by atoms with van der Waals surface area (Å²) in [5.74, 6) is 1.63. The summed E-state index contributed by atoms with van der Waals surface area (Å²) in [5.41, 5.74) is 3.69. The van der Waals surface area contributed by atoms with Crippen molar-refractivity contribution in [2.75, 3.05) is 5.32 Å². The molecule has 0 bridgehead atoms. The fourth-order valence-electron chi connectivity index (χ4n) is 2.90. The quantitative estimate of drug-likeness (QED) is 0.466. The molecular weight excluding hydrogens is 389 g/mol. The van der Waals surface area contributed by atoms with Crippen LogP contribution in [0.15, 0.2) is 48.7 Å². The van der Waals surface area contributed by atoms with Crippen molar-refractivity contribution in [2.24, 2.45) is 0 Å². The number of halogens is 2. The number of pyridine rings is 1. The molecule has 1 N–H and O–H groups in total. The number of nitrogens with one attached hydrogen (secondary N) is 1. The van der Waals surface area contributed by atoms with E-state index in [1.807, 2.05) is 19.1 Å². The lowest BCUT2D eigenvalue weighted by Crippen LogP contribution is -2.03. The minimum Gasteiger partial charge on any atom is -0.354 e. The van der Waals surface area contributed by atoms with Crippen molar-refractivity contribution in [2.45, 2.75) is 13.3 Å². The van der Waals surface area contributed by atoms with Crippen LogP contribution in [0.2, 0.25) is 5.02 Å². The molecule has 3 rings (SSSR count). The second-order valence-corrected chi connectivity index (χ2v) is 6.76. The molecule has 1 aromatic heterocycles. The van der Waals surface area contributed by atoms with Crippen molar-refractivity contribution in [1.29, 1.82) is 5.26 Å². The van der Waals surface area contributed by atoms with Crippen molar-refractivity contribution in [3.63, 3.8) is 0 Å². The first-order chi connectivity index (χ1) is 13.9. The van der Waals surface area contributed by atoms with Gasteiger partial charge < -0.3 is 5.32 Å². The second-order valence-electron chi connectivity index (χ2n) is 6.35. The van der Waals surface area contributed by atoms with Crippen molar-refractivity contribution >= 4 is 39.7 Å². The molecule has 2 aromatic carbocycles. The van der Waals surface area contributed by atoms with Crippen LogP contribution in [0.5, 0.6) is 0 Å². The topological polar surface area (TPSA) is 65.8 Å². The number of fused-ring (bicyclic) bond motifs is 1. The molecule has 6 heteroatoms. The van der Waals surface area contributed by atoms with Gasteiger partial charge in [-0.15, -0.1) is 6.42 Å². The van der Waals surface area contributed by atoms with Gasteiger partial charge in [0, 0.05) is 23.7 Å². The first-order valence-electron chi connectivity index (χ1n) is 8.63. The van der Waals surface area contributed by atoms with Gasteiger partial charge in [0.1, 0.15) is 11.9 Å². The molecule has 0 saturated carbocycles. The summed E-state index contributed by atoms with van der Waals surface area (Å²) in [6.45, 7) is 1.89. The van der Waals surface area contributed by atoms with Crippen LogP contribution >= 0.6 is 11.6 Å². The van der Waals surface area contributed by atoms with E-state index in [1.54, 1.807) is 0 Å². The number of hydrogen-bond donors (Lipinski definition) is 1. The number of rotatable bonds is 5. The van der Waals surface area contributed by atoms with Crippen LogP contribution in [0.1, 0.15) is 16.7 Å². The molecule has 0 aliphatic heterocycles. The van der Waals surface area contributed by atoms with Gasteiger partial charge >= 0.3 is 0 Å². The number of aromatic nitrogens is 1. The lowest BCUT2D eigenvalue weighted by Gasteiger charge is -2.14. The zero-order valence-corrected chi connectivity index (χ0v) is 16.2. The Kier molecular flexibility index (Phi) is 5.93. The van der Waals surface area contributed by atoms with Gasteiger partial charge in [-0.3, -0.25) is 9.78 Å². The Morgan fingerprint density at radius 2 is 2.17 bits per heavy atom. The van der Waals surface area contributed by atoms with Crippen LogP contribution in [0, 0.1) is 36.4 Å². The van der Waals surface area contributed by atoms with E-state index in [2.05, 4.69) is 22.3 Å². The van der Waals surface area contributed by atoms with Gasteiger partial charge in [-0.1, -0.05) is 17.5 Å². The Morgan fingerprint density at radius 1 is 1.38 bits per heavy atom. The lowest BCUT2D eigenvalue weighted by molar-refractivity contribution is -0.114. The molecule has 4 nitrogen and oxygen atoms in total. The monoisotopic (exact) mass is 403 g/mol. The highest BCUT2D eigenvalue weighted by Crippen LogP contribution is 2.32. The van der Waals surface area contributed by atoms with Crippen molar-refractivity contribution in [1.82, 2.24) is 4.98 Å². The summed E-state index contributed by atoms with van der Waals surface area (Å²) in [5, 5.41) is 13.3. The SMILES string of the molecule is C#C/C=C/C(=O)Cc1cc2c(Nc3ccc(F)c(Cl)c3)c(C#N)cnc2cc1C. The van der Waals surface area contributed by atoms with Gasteiger partial charge in [0.2, 0.25) is 0 Å². The van der Waals surface area contributed by atoms with Crippen LogP contribution in [0.25, 0.3) is 10.9 Å². The van der Waals surface area contributed by atoms with E-state index in [4.69, 9.17) is 18.0 Å². The van der Waals surface area contributed by atoms with Gasteiger partial charge in [0.25, 0.3) is 0 Å². The minimum atomic E-state index is -0.534. The number of carbonyl (C=O) groups excluding carboxylic acids is 1. The maximum atomic E-state index is 13.5. The highest BCUT2D eigenvalue weighted by molar-refractivity contribution is 6.31. The molecule has 0 spiro atoms. The Hall–Kier alpha value is -3.67. The lowest BCUT2D eigenvalue weighted by atomic mass is 9.98. The standard InChI is InChI=1S/C23H15ClFN3O/c1-3-4-5-18(29)9-15-10-19-22(8-14(15)2)27-13-16(12-26)23(19)28-17-6-7-21(25)20(24)11-17/h1,4-8,10-11,13H,9H2,2H3,(H,27,28)/b5-4+. The average Bonchev–Trinajstić information content (AvgIpc) is 2.70. The van der Waals surface area contributed by atoms with Crippen LogP contribution < -0.4 is 5.32 Å². The summed E-state index contributed by atoms with van der Waals surface area (Å²) in [7, 11) is 0. The number of ketones is 1. The molecular formula is C23H15ClFN3O. The Balaban J connectivity index is 2.11.